The number of benzene rings is 1. The zero-order valence-electron chi connectivity index (χ0n) is 19.6. The van der Waals surface area contributed by atoms with Crippen LogP contribution in [0.2, 0.25) is 18.1 Å². The Morgan fingerprint density at radius 2 is 1.78 bits per heavy atom. The number of hydrogen-bond acceptors (Lipinski definition) is 8. The van der Waals surface area contributed by atoms with E-state index in [2.05, 4.69) is 0 Å². The largest absolute Gasteiger partial charge is 0.493 e. The van der Waals surface area contributed by atoms with Gasteiger partial charge in [0.25, 0.3) is 11.6 Å². The van der Waals surface area contributed by atoms with Crippen molar-refractivity contribution >= 4 is 25.9 Å². The number of nitrogens with zero attached hydrogens (tertiary/aromatic N) is 2. The Bertz CT molecular complexity index is 897. The van der Waals surface area contributed by atoms with E-state index >= 15 is 0 Å². The predicted octanol–water partition coefficient (Wildman–Crippen LogP) is 2.98. The second kappa shape index (κ2) is 9.45. The van der Waals surface area contributed by atoms with Crippen LogP contribution in [0.25, 0.3) is 0 Å². The molecule has 32 heavy (non-hydrogen) atoms. The number of carbonyl (C=O) groups is 2. The smallest absolute Gasteiger partial charge is 0.328 e. The van der Waals surface area contributed by atoms with E-state index in [1.165, 1.54) is 32.3 Å². The van der Waals surface area contributed by atoms with Gasteiger partial charge < -0.3 is 23.9 Å². The Hall–Kier alpha value is -2.66. The minimum absolute atomic E-state index is 0.122. The van der Waals surface area contributed by atoms with Crippen LogP contribution in [-0.2, 0) is 9.53 Å². The molecule has 1 saturated heterocycles. The van der Waals surface area contributed by atoms with E-state index in [1.54, 1.807) is 0 Å². The average molecular weight is 469 g/mol. The van der Waals surface area contributed by atoms with Crippen molar-refractivity contribution in [2.45, 2.75) is 50.9 Å². The molecule has 0 radical (unpaired) electrons. The van der Waals surface area contributed by atoms with Gasteiger partial charge in [0.2, 0.25) is 0 Å². The first-order chi connectivity index (χ1) is 14.8. The highest BCUT2D eigenvalue weighted by molar-refractivity contribution is 6.72. The molecule has 0 bridgehead atoms. The summed E-state index contributed by atoms with van der Waals surface area (Å²) < 4.78 is 15.3. The van der Waals surface area contributed by atoms with Crippen LogP contribution < -0.4 is 9.47 Å². The first kappa shape index (κ1) is 25.6. The molecule has 2 atom stereocenters. The first-order valence-corrected chi connectivity index (χ1v) is 13.2. The van der Waals surface area contributed by atoms with Crippen LogP contribution in [-0.4, -0.2) is 68.7 Å². The Kier molecular flexibility index (Phi) is 7.56. The maximum Gasteiger partial charge on any atom is 0.328 e. The van der Waals surface area contributed by atoms with E-state index in [9.17, 15) is 24.5 Å². The lowest BCUT2D eigenvalue weighted by Crippen LogP contribution is -2.46. The van der Waals surface area contributed by atoms with Crippen molar-refractivity contribution in [3.05, 3.63) is 27.8 Å². The summed E-state index contributed by atoms with van der Waals surface area (Å²) >= 11 is 0. The lowest BCUT2D eigenvalue weighted by Gasteiger charge is -2.38. The molecule has 0 unspecified atom stereocenters. The molecule has 1 fully saturated rings. The number of rotatable bonds is 8. The summed E-state index contributed by atoms with van der Waals surface area (Å²) in [6.45, 7) is 7.82. The molecule has 0 spiro atoms. The third-order valence-electron chi connectivity index (χ3n) is 6.58. The first-order valence-electron chi connectivity index (χ1n) is 10.3. The fourth-order valence-electron chi connectivity index (χ4n) is 3.99. The van der Waals surface area contributed by atoms with E-state index in [0.717, 1.165) is 6.07 Å². The second-order valence-corrected chi connectivity index (χ2v) is 13.6. The van der Waals surface area contributed by atoms with E-state index in [-0.39, 0.29) is 29.5 Å². The van der Waals surface area contributed by atoms with Crippen molar-refractivity contribution in [1.29, 1.82) is 0 Å². The highest BCUT2D eigenvalue weighted by Gasteiger charge is 2.48. The zero-order chi connectivity index (χ0) is 24.4. The SMILES string of the molecule is COC(=O)[C@@H]1[C@@H](CC(C)(C)[Si](C)(C)O)CCN1C(=O)c1cc(OC)c(OC)cc1[N+](=O)[O-]. The second-order valence-electron chi connectivity index (χ2n) is 9.14. The van der Waals surface area contributed by atoms with Gasteiger partial charge in [0, 0.05) is 12.6 Å². The topological polar surface area (TPSA) is 128 Å². The molecule has 1 heterocycles. The van der Waals surface area contributed by atoms with Crippen molar-refractivity contribution in [2.24, 2.45) is 5.92 Å². The van der Waals surface area contributed by atoms with Gasteiger partial charge in [0.05, 0.1) is 32.3 Å². The van der Waals surface area contributed by atoms with Gasteiger partial charge in [-0.05, 0) is 36.9 Å². The predicted molar refractivity (Wildman–Crippen MR) is 120 cm³/mol. The number of amides is 1. The van der Waals surface area contributed by atoms with Crippen LogP contribution in [0.4, 0.5) is 5.69 Å². The Labute approximate surface area is 188 Å². The van der Waals surface area contributed by atoms with E-state index in [4.69, 9.17) is 14.2 Å². The van der Waals surface area contributed by atoms with Gasteiger partial charge in [-0.15, -0.1) is 0 Å². The number of hydrogen-bond donors (Lipinski definition) is 1. The van der Waals surface area contributed by atoms with Crippen molar-refractivity contribution in [3.63, 3.8) is 0 Å². The van der Waals surface area contributed by atoms with Crippen LogP contribution >= 0.6 is 0 Å². The molecule has 1 aromatic carbocycles. The third kappa shape index (κ3) is 4.88. The Balaban J connectivity index is 2.49. The number of methoxy groups -OCH3 is 3. The summed E-state index contributed by atoms with van der Waals surface area (Å²) in [5.41, 5.74) is -0.637. The minimum atomic E-state index is -2.56. The third-order valence-corrected chi connectivity index (χ3v) is 10.1. The quantitative estimate of drug-likeness (QED) is 0.267. The lowest BCUT2D eigenvalue weighted by molar-refractivity contribution is -0.385. The van der Waals surface area contributed by atoms with E-state index in [1.807, 2.05) is 26.9 Å². The van der Waals surface area contributed by atoms with E-state index in [0.29, 0.717) is 12.8 Å². The Morgan fingerprint density at radius 1 is 1.22 bits per heavy atom. The van der Waals surface area contributed by atoms with Crippen LogP contribution in [0.1, 0.15) is 37.0 Å². The number of ether oxygens (including phenoxy) is 3. The monoisotopic (exact) mass is 468 g/mol. The van der Waals surface area contributed by atoms with Crippen LogP contribution in [0.3, 0.4) is 0 Å². The summed E-state index contributed by atoms with van der Waals surface area (Å²) in [6, 6.07) is 1.49. The van der Waals surface area contributed by atoms with Crippen LogP contribution in [0, 0.1) is 16.0 Å². The lowest BCUT2D eigenvalue weighted by atomic mass is 9.89. The van der Waals surface area contributed by atoms with Crippen molar-refractivity contribution in [3.8, 4) is 11.5 Å². The molecular weight excluding hydrogens is 436 g/mol. The highest BCUT2D eigenvalue weighted by Crippen LogP contribution is 2.46. The molecule has 11 heteroatoms. The number of likely N-dealkylation sites (tertiary alicyclic amines) is 1. The highest BCUT2D eigenvalue weighted by atomic mass is 28.4. The van der Waals surface area contributed by atoms with Gasteiger partial charge in [0.15, 0.2) is 19.8 Å². The summed E-state index contributed by atoms with van der Waals surface area (Å²) in [6.07, 6.45) is 1.03. The van der Waals surface area contributed by atoms with Crippen molar-refractivity contribution in [1.82, 2.24) is 4.90 Å². The van der Waals surface area contributed by atoms with Crippen LogP contribution in [0.5, 0.6) is 11.5 Å². The molecule has 1 aliphatic rings. The van der Waals surface area contributed by atoms with E-state index < -0.39 is 41.9 Å². The number of nitro groups is 1. The maximum absolute atomic E-state index is 13.5. The molecule has 1 aromatic rings. The molecule has 2 rings (SSSR count). The van der Waals surface area contributed by atoms with Crippen molar-refractivity contribution in [2.75, 3.05) is 27.9 Å². The zero-order valence-corrected chi connectivity index (χ0v) is 20.6. The molecule has 10 nitrogen and oxygen atoms in total. The van der Waals surface area contributed by atoms with Gasteiger partial charge in [-0.2, -0.15) is 0 Å². The molecule has 178 valence electrons. The normalized spacial score (nSPS) is 18.9. The van der Waals surface area contributed by atoms with Crippen LogP contribution in [0.15, 0.2) is 12.1 Å². The van der Waals surface area contributed by atoms with Crippen molar-refractivity contribution < 1.29 is 33.5 Å². The molecule has 1 N–H and O–H groups in total. The number of nitro benzene ring substituents is 1. The summed E-state index contributed by atoms with van der Waals surface area (Å²) in [4.78, 5) is 49.2. The molecule has 1 amide bonds. The maximum atomic E-state index is 13.5. The summed E-state index contributed by atoms with van der Waals surface area (Å²) in [7, 11) is 1.39. The van der Waals surface area contributed by atoms with Gasteiger partial charge in [0.1, 0.15) is 11.6 Å². The minimum Gasteiger partial charge on any atom is -0.493 e. The standard InChI is InChI=1S/C21H32N2O8Si/c1-21(2,32(6,7)28)12-13-8-9-22(18(13)20(25)31-5)19(24)14-10-16(29-3)17(30-4)11-15(14)23(26)27/h10-11,13,18,28H,8-9,12H2,1-7H3/t13-,18+/m1/s1. The molecule has 0 aromatic heterocycles. The number of carbonyl (C=O) groups excluding carboxylic acids is 2. The fraction of sp³-hybridized carbons (Fsp3) is 0.619. The Morgan fingerprint density at radius 3 is 2.25 bits per heavy atom. The summed E-state index contributed by atoms with van der Waals surface area (Å²) in [5.74, 6) is -1.21. The summed E-state index contributed by atoms with van der Waals surface area (Å²) in [5, 5.41) is 11.2. The van der Waals surface area contributed by atoms with Gasteiger partial charge in [-0.25, -0.2) is 4.79 Å². The molecular formula is C21H32N2O8Si. The average Bonchev–Trinajstić information content (AvgIpc) is 3.13. The number of esters is 1. The van der Waals surface area contributed by atoms with Gasteiger partial charge >= 0.3 is 5.97 Å². The molecule has 0 saturated carbocycles. The fourth-order valence-corrected chi connectivity index (χ4v) is 4.75. The molecule has 1 aliphatic heterocycles. The van der Waals surface area contributed by atoms with Gasteiger partial charge in [-0.3, -0.25) is 14.9 Å². The van der Waals surface area contributed by atoms with Gasteiger partial charge in [-0.1, -0.05) is 13.8 Å². The molecule has 0 aliphatic carbocycles.